The first-order valence-corrected chi connectivity index (χ1v) is 3.81. The van der Waals surface area contributed by atoms with Crippen LogP contribution in [0.2, 0.25) is 0 Å². The van der Waals surface area contributed by atoms with Crippen molar-refractivity contribution in [3.63, 3.8) is 0 Å². The molecular weight excluding hydrogens is 130 g/mol. The Morgan fingerprint density at radius 3 is 2.90 bits per heavy atom. The van der Waals surface area contributed by atoms with Crippen LogP contribution in [0.5, 0.6) is 0 Å². The van der Waals surface area contributed by atoms with E-state index >= 15 is 0 Å². The molecule has 0 bridgehead atoms. The van der Waals surface area contributed by atoms with Gasteiger partial charge in [-0.15, -0.1) is 0 Å². The fourth-order valence-electron chi connectivity index (χ4n) is 1.07. The first-order valence-electron chi connectivity index (χ1n) is 3.81. The van der Waals surface area contributed by atoms with Crippen molar-refractivity contribution in [2.24, 2.45) is 5.73 Å². The van der Waals surface area contributed by atoms with Crippen LogP contribution in [0.4, 0.5) is 0 Å². The summed E-state index contributed by atoms with van der Waals surface area (Å²) in [5.74, 6) is 0. The van der Waals surface area contributed by atoms with Gasteiger partial charge in [0.15, 0.2) is 6.29 Å². The molecule has 0 aromatic heterocycles. The molecule has 1 aliphatic rings. The van der Waals surface area contributed by atoms with E-state index in [0.29, 0.717) is 6.61 Å². The molecule has 0 spiro atoms. The van der Waals surface area contributed by atoms with Crippen LogP contribution in [0.25, 0.3) is 0 Å². The average Bonchev–Trinajstić information content (AvgIpc) is 1.95. The van der Waals surface area contributed by atoms with Gasteiger partial charge in [0, 0.05) is 12.6 Å². The number of ether oxygens (including phenoxy) is 2. The van der Waals surface area contributed by atoms with E-state index in [1.807, 2.05) is 6.92 Å². The summed E-state index contributed by atoms with van der Waals surface area (Å²) in [6.07, 6.45) is 1.96. The Kier molecular flexibility index (Phi) is 3.12. The van der Waals surface area contributed by atoms with Crippen LogP contribution >= 0.6 is 0 Å². The van der Waals surface area contributed by atoms with Crippen LogP contribution in [0.3, 0.4) is 0 Å². The quantitative estimate of drug-likeness (QED) is 0.615. The van der Waals surface area contributed by atoms with E-state index in [2.05, 4.69) is 0 Å². The Morgan fingerprint density at radius 1 is 1.60 bits per heavy atom. The maximum atomic E-state index is 5.61. The summed E-state index contributed by atoms with van der Waals surface area (Å²) in [6, 6.07) is 0.219. The van der Waals surface area contributed by atoms with E-state index in [1.54, 1.807) is 0 Å². The van der Waals surface area contributed by atoms with Crippen LogP contribution in [-0.4, -0.2) is 25.5 Å². The molecule has 0 aromatic carbocycles. The Morgan fingerprint density at radius 2 is 2.40 bits per heavy atom. The van der Waals surface area contributed by atoms with E-state index < -0.39 is 0 Å². The van der Waals surface area contributed by atoms with Crippen LogP contribution < -0.4 is 5.73 Å². The van der Waals surface area contributed by atoms with Crippen LogP contribution in [-0.2, 0) is 9.47 Å². The van der Waals surface area contributed by atoms with Gasteiger partial charge in [-0.2, -0.15) is 0 Å². The molecular formula is C7H15NO2. The second kappa shape index (κ2) is 3.91. The lowest BCUT2D eigenvalue weighted by Gasteiger charge is -2.26. The van der Waals surface area contributed by atoms with Crippen molar-refractivity contribution < 1.29 is 9.47 Å². The highest BCUT2D eigenvalue weighted by Gasteiger charge is 2.18. The molecule has 2 atom stereocenters. The summed E-state index contributed by atoms with van der Waals surface area (Å²) in [4.78, 5) is 0. The molecule has 1 aliphatic heterocycles. The van der Waals surface area contributed by atoms with Gasteiger partial charge in [-0.1, -0.05) is 0 Å². The Balaban J connectivity index is 2.13. The lowest BCUT2D eigenvalue weighted by Crippen LogP contribution is -2.36. The molecule has 2 N–H and O–H groups in total. The normalized spacial score (nSPS) is 34.2. The van der Waals surface area contributed by atoms with Crippen molar-refractivity contribution in [3.8, 4) is 0 Å². The SMILES string of the molecule is CCOC1CC[C@H](N)CO1. The second-order valence-electron chi connectivity index (χ2n) is 2.56. The van der Waals surface area contributed by atoms with Crippen LogP contribution in [0.15, 0.2) is 0 Å². The largest absolute Gasteiger partial charge is 0.353 e. The lowest BCUT2D eigenvalue weighted by molar-refractivity contribution is -0.163. The van der Waals surface area contributed by atoms with Crippen molar-refractivity contribution in [1.29, 1.82) is 0 Å². The van der Waals surface area contributed by atoms with Crippen LogP contribution in [0, 0.1) is 0 Å². The van der Waals surface area contributed by atoms with E-state index in [0.717, 1.165) is 19.4 Å². The zero-order valence-corrected chi connectivity index (χ0v) is 6.38. The monoisotopic (exact) mass is 145 g/mol. The first-order chi connectivity index (χ1) is 4.83. The number of nitrogens with two attached hydrogens (primary N) is 1. The molecule has 60 valence electrons. The van der Waals surface area contributed by atoms with Crippen molar-refractivity contribution in [3.05, 3.63) is 0 Å². The lowest BCUT2D eigenvalue weighted by atomic mass is 10.1. The minimum atomic E-state index is 0.00444. The summed E-state index contributed by atoms with van der Waals surface area (Å²) >= 11 is 0. The molecule has 3 heteroatoms. The Labute approximate surface area is 61.5 Å². The van der Waals surface area contributed by atoms with Crippen molar-refractivity contribution in [2.45, 2.75) is 32.1 Å². The molecule has 1 unspecified atom stereocenters. The van der Waals surface area contributed by atoms with Gasteiger partial charge in [-0.3, -0.25) is 0 Å². The van der Waals surface area contributed by atoms with Gasteiger partial charge < -0.3 is 15.2 Å². The highest BCUT2D eigenvalue weighted by atomic mass is 16.7. The Bertz CT molecular complexity index is 89.6. The highest BCUT2D eigenvalue weighted by molar-refractivity contribution is 4.66. The van der Waals surface area contributed by atoms with Gasteiger partial charge in [-0.25, -0.2) is 0 Å². The molecule has 0 amide bonds. The standard InChI is InChI=1S/C7H15NO2/c1-2-9-7-4-3-6(8)5-10-7/h6-7H,2-5,8H2,1H3/t6-,7?/m0/s1. The molecule has 1 rings (SSSR count). The molecule has 1 heterocycles. The minimum Gasteiger partial charge on any atom is -0.353 e. The summed E-state index contributed by atoms with van der Waals surface area (Å²) in [5, 5.41) is 0. The third-order valence-electron chi connectivity index (χ3n) is 1.62. The fraction of sp³-hybridized carbons (Fsp3) is 1.00. The van der Waals surface area contributed by atoms with Gasteiger partial charge in [0.1, 0.15) is 0 Å². The summed E-state index contributed by atoms with van der Waals surface area (Å²) in [7, 11) is 0. The topological polar surface area (TPSA) is 44.5 Å². The molecule has 0 saturated carbocycles. The van der Waals surface area contributed by atoms with E-state index in [9.17, 15) is 0 Å². The van der Waals surface area contributed by atoms with Crippen molar-refractivity contribution in [2.75, 3.05) is 13.2 Å². The molecule has 10 heavy (non-hydrogen) atoms. The predicted molar refractivity (Wildman–Crippen MR) is 38.6 cm³/mol. The maximum Gasteiger partial charge on any atom is 0.157 e. The van der Waals surface area contributed by atoms with E-state index in [4.69, 9.17) is 15.2 Å². The van der Waals surface area contributed by atoms with Gasteiger partial charge >= 0.3 is 0 Å². The molecule has 0 radical (unpaired) electrons. The highest BCUT2D eigenvalue weighted by Crippen LogP contribution is 2.12. The number of rotatable bonds is 2. The van der Waals surface area contributed by atoms with E-state index in [1.165, 1.54) is 0 Å². The third kappa shape index (κ3) is 2.25. The number of hydrogen-bond donors (Lipinski definition) is 1. The van der Waals surface area contributed by atoms with Gasteiger partial charge in [0.25, 0.3) is 0 Å². The smallest absolute Gasteiger partial charge is 0.157 e. The summed E-state index contributed by atoms with van der Waals surface area (Å²) < 4.78 is 10.5. The summed E-state index contributed by atoms with van der Waals surface area (Å²) in [5.41, 5.74) is 5.61. The van der Waals surface area contributed by atoms with Gasteiger partial charge in [0.2, 0.25) is 0 Å². The number of hydrogen-bond acceptors (Lipinski definition) is 3. The van der Waals surface area contributed by atoms with Crippen molar-refractivity contribution in [1.82, 2.24) is 0 Å². The summed E-state index contributed by atoms with van der Waals surface area (Å²) in [6.45, 7) is 3.34. The molecule has 3 nitrogen and oxygen atoms in total. The van der Waals surface area contributed by atoms with Gasteiger partial charge in [0.05, 0.1) is 6.61 Å². The Hall–Kier alpha value is -0.120. The van der Waals surface area contributed by atoms with E-state index in [-0.39, 0.29) is 12.3 Å². The molecule has 1 fully saturated rings. The van der Waals surface area contributed by atoms with Crippen molar-refractivity contribution >= 4 is 0 Å². The average molecular weight is 145 g/mol. The minimum absolute atomic E-state index is 0.00444. The predicted octanol–water partition coefficient (Wildman–Crippen LogP) is 0.487. The zero-order chi connectivity index (χ0) is 7.40. The van der Waals surface area contributed by atoms with Crippen LogP contribution in [0.1, 0.15) is 19.8 Å². The molecule has 0 aromatic rings. The molecule has 1 saturated heterocycles. The molecule has 0 aliphatic carbocycles. The van der Waals surface area contributed by atoms with Gasteiger partial charge in [-0.05, 0) is 19.8 Å². The maximum absolute atomic E-state index is 5.61. The zero-order valence-electron chi connectivity index (χ0n) is 6.38. The fourth-order valence-corrected chi connectivity index (χ4v) is 1.07. The first kappa shape index (κ1) is 7.98. The second-order valence-corrected chi connectivity index (χ2v) is 2.56. The third-order valence-corrected chi connectivity index (χ3v) is 1.62.